The minimum atomic E-state index is -0.964. The van der Waals surface area contributed by atoms with Crippen LogP contribution in [0.5, 0.6) is 0 Å². The molecule has 3 rings (SSSR count). The third-order valence-corrected chi connectivity index (χ3v) is 3.43. The van der Waals surface area contributed by atoms with Gasteiger partial charge in [0, 0.05) is 18.1 Å². The van der Waals surface area contributed by atoms with Crippen LogP contribution in [0.3, 0.4) is 0 Å². The second-order valence-electron chi connectivity index (χ2n) is 4.90. The van der Waals surface area contributed by atoms with E-state index in [0.29, 0.717) is 0 Å². The van der Waals surface area contributed by atoms with Gasteiger partial charge in [-0.2, -0.15) is 0 Å². The SMILES string of the molecule is Cc1cccc(C(N)(c2ccccn2)c2ccccn2)n1. The molecule has 0 bridgehead atoms. The van der Waals surface area contributed by atoms with E-state index in [4.69, 9.17) is 5.73 Å². The minimum Gasteiger partial charge on any atom is -0.310 e. The first-order valence-corrected chi connectivity index (χ1v) is 6.77. The summed E-state index contributed by atoms with van der Waals surface area (Å²) in [7, 11) is 0. The third kappa shape index (κ3) is 2.41. The Labute approximate surface area is 123 Å². The molecule has 0 aliphatic heterocycles. The molecular formula is C17H16N4. The average Bonchev–Trinajstić information content (AvgIpc) is 2.56. The molecule has 0 fully saturated rings. The Bertz CT molecular complexity index is 687. The van der Waals surface area contributed by atoms with Crippen LogP contribution < -0.4 is 5.73 Å². The normalized spacial score (nSPS) is 11.3. The summed E-state index contributed by atoms with van der Waals surface area (Å²) >= 11 is 0. The van der Waals surface area contributed by atoms with Crippen LogP contribution >= 0.6 is 0 Å². The molecule has 0 atom stereocenters. The number of hydrogen-bond acceptors (Lipinski definition) is 4. The molecule has 3 aromatic heterocycles. The van der Waals surface area contributed by atoms with Crippen LogP contribution in [0.25, 0.3) is 0 Å². The zero-order valence-electron chi connectivity index (χ0n) is 11.8. The number of nitrogens with zero attached hydrogens (tertiary/aromatic N) is 3. The van der Waals surface area contributed by atoms with Gasteiger partial charge in [0.05, 0.1) is 17.1 Å². The molecule has 4 heteroatoms. The van der Waals surface area contributed by atoms with E-state index >= 15 is 0 Å². The Morgan fingerprint density at radius 3 is 1.81 bits per heavy atom. The van der Waals surface area contributed by atoms with Gasteiger partial charge in [-0.3, -0.25) is 15.0 Å². The fourth-order valence-corrected chi connectivity index (χ4v) is 2.35. The molecule has 0 saturated heterocycles. The molecule has 0 amide bonds. The first-order chi connectivity index (χ1) is 10.2. The molecule has 0 unspecified atom stereocenters. The van der Waals surface area contributed by atoms with Crippen molar-refractivity contribution in [3.8, 4) is 0 Å². The van der Waals surface area contributed by atoms with Gasteiger partial charge in [-0.15, -0.1) is 0 Å². The maximum atomic E-state index is 6.74. The minimum absolute atomic E-state index is 0.724. The molecule has 0 aliphatic carbocycles. The summed E-state index contributed by atoms with van der Waals surface area (Å²) in [6.45, 7) is 1.95. The van der Waals surface area contributed by atoms with E-state index < -0.39 is 5.54 Å². The maximum Gasteiger partial charge on any atom is 0.144 e. The average molecular weight is 276 g/mol. The Hall–Kier alpha value is -2.59. The monoisotopic (exact) mass is 276 g/mol. The highest BCUT2D eigenvalue weighted by Crippen LogP contribution is 2.30. The molecule has 3 aromatic rings. The van der Waals surface area contributed by atoms with Crippen molar-refractivity contribution in [3.05, 3.63) is 89.8 Å². The highest BCUT2D eigenvalue weighted by atomic mass is 14.9. The van der Waals surface area contributed by atoms with Gasteiger partial charge >= 0.3 is 0 Å². The van der Waals surface area contributed by atoms with Crippen LogP contribution in [0.15, 0.2) is 67.0 Å². The van der Waals surface area contributed by atoms with Crippen molar-refractivity contribution in [1.29, 1.82) is 0 Å². The number of nitrogens with two attached hydrogens (primary N) is 1. The molecule has 2 N–H and O–H groups in total. The predicted molar refractivity (Wildman–Crippen MR) is 81.5 cm³/mol. The van der Waals surface area contributed by atoms with E-state index in [9.17, 15) is 0 Å². The molecule has 0 saturated carbocycles. The Balaban J connectivity index is 2.25. The summed E-state index contributed by atoms with van der Waals surface area (Å²) in [6.07, 6.45) is 3.46. The molecular weight excluding hydrogens is 260 g/mol. The summed E-state index contributed by atoms with van der Waals surface area (Å²) in [5.41, 5.74) is 8.87. The summed E-state index contributed by atoms with van der Waals surface area (Å²) in [5, 5.41) is 0. The van der Waals surface area contributed by atoms with E-state index in [1.165, 1.54) is 0 Å². The predicted octanol–water partition coefficient (Wildman–Crippen LogP) is 2.43. The van der Waals surface area contributed by atoms with E-state index in [0.717, 1.165) is 22.8 Å². The second kappa shape index (κ2) is 5.42. The highest BCUT2D eigenvalue weighted by molar-refractivity contribution is 5.40. The van der Waals surface area contributed by atoms with Gasteiger partial charge in [-0.25, -0.2) is 0 Å². The van der Waals surface area contributed by atoms with E-state index in [-0.39, 0.29) is 0 Å². The standard InChI is InChI=1S/C17H16N4/c1-13-7-6-10-16(21-13)17(18,14-8-2-4-11-19-14)15-9-3-5-12-20-15/h2-12H,18H2,1H3. The van der Waals surface area contributed by atoms with Crippen LogP contribution in [0.1, 0.15) is 22.8 Å². The largest absolute Gasteiger partial charge is 0.310 e. The van der Waals surface area contributed by atoms with Gasteiger partial charge in [-0.1, -0.05) is 18.2 Å². The Kier molecular flexibility index (Phi) is 3.46. The number of pyridine rings is 3. The van der Waals surface area contributed by atoms with E-state index in [2.05, 4.69) is 15.0 Å². The first-order valence-electron chi connectivity index (χ1n) is 6.77. The van der Waals surface area contributed by atoms with Crippen LogP contribution in [0.2, 0.25) is 0 Å². The topological polar surface area (TPSA) is 64.7 Å². The first kappa shape index (κ1) is 13.4. The summed E-state index contributed by atoms with van der Waals surface area (Å²) in [5.74, 6) is 0. The fourth-order valence-electron chi connectivity index (χ4n) is 2.35. The molecule has 0 radical (unpaired) electrons. The van der Waals surface area contributed by atoms with Gasteiger partial charge in [0.15, 0.2) is 0 Å². The van der Waals surface area contributed by atoms with Crippen LogP contribution in [-0.4, -0.2) is 15.0 Å². The third-order valence-electron chi connectivity index (χ3n) is 3.43. The second-order valence-corrected chi connectivity index (χ2v) is 4.90. The lowest BCUT2D eigenvalue weighted by atomic mass is 9.87. The highest BCUT2D eigenvalue weighted by Gasteiger charge is 2.36. The van der Waals surface area contributed by atoms with Crippen LogP contribution in [0.4, 0.5) is 0 Å². The Morgan fingerprint density at radius 2 is 1.33 bits per heavy atom. The van der Waals surface area contributed by atoms with Crippen molar-refractivity contribution in [2.45, 2.75) is 12.5 Å². The van der Waals surface area contributed by atoms with Crippen molar-refractivity contribution >= 4 is 0 Å². The number of aromatic nitrogens is 3. The maximum absolute atomic E-state index is 6.74. The van der Waals surface area contributed by atoms with E-state index in [1.807, 2.05) is 61.5 Å². The molecule has 0 spiro atoms. The number of rotatable bonds is 3. The van der Waals surface area contributed by atoms with Crippen molar-refractivity contribution in [2.24, 2.45) is 5.73 Å². The van der Waals surface area contributed by atoms with Gasteiger partial charge in [0.25, 0.3) is 0 Å². The summed E-state index contributed by atoms with van der Waals surface area (Å²) < 4.78 is 0. The molecule has 104 valence electrons. The molecule has 0 aliphatic rings. The van der Waals surface area contributed by atoms with Crippen LogP contribution in [0, 0.1) is 6.92 Å². The van der Waals surface area contributed by atoms with Crippen LogP contribution in [-0.2, 0) is 5.54 Å². The molecule has 3 heterocycles. The quantitative estimate of drug-likeness (QED) is 0.798. The van der Waals surface area contributed by atoms with Crippen molar-refractivity contribution < 1.29 is 0 Å². The van der Waals surface area contributed by atoms with E-state index in [1.54, 1.807) is 12.4 Å². The van der Waals surface area contributed by atoms with Gasteiger partial charge in [0.1, 0.15) is 5.54 Å². The lowest BCUT2D eigenvalue weighted by Crippen LogP contribution is -2.41. The summed E-state index contributed by atoms with van der Waals surface area (Å²) in [4.78, 5) is 13.4. The van der Waals surface area contributed by atoms with Gasteiger partial charge < -0.3 is 5.73 Å². The molecule has 21 heavy (non-hydrogen) atoms. The van der Waals surface area contributed by atoms with Crippen molar-refractivity contribution in [1.82, 2.24) is 15.0 Å². The smallest absolute Gasteiger partial charge is 0.144 e. The molecule has 0 aromatic carbocycles. The fraction of sp³-hybridized carbons (Fsp3) is 0.118. The summed E-state index contributed by atoms with van der Waals surface area (Å²) in [6, 6.07) is 17.2. The van der Waals surface area contributed by atoms with Gasteiger partial charge in [-0.05, 0) is 43.3 Å². The van der Waals surface area contributed by atoms with Gasteiger partial charge in [0.2, 0.25) is 0 Å². The zero-order valence-corrected chi connectivity index (χ0v) is 11.8. The Morgan fingerprint density at radius 1 is 0.762 bits per heavy atom. The zero-order chi connectivity index (χ0) is 14.7. The van der Waals surface area contributed by atoms with Crippen molar-refractivity contribution in [3.63, 3.8) is 0 Å². The lowest BCUT2D eigenvalue weighted by molar-refractivity contribution is 0.585. The number of hydrogen-bond donors (Lipinski definition) is 1. The number of aryl methyl sites for hydroxylation is 1. The molecule has 4 nitrogen and oxygen atoms in total. The lowest BCUT2D eigenvalue weighted by Gasteiger charge is -2.28. The van der Waals surface area contributed by atoms with Crippen molar-refractivity contribution in [2.75, 3.05) is 0 Å².